The first-order chi connectivity index (χ1) is 12.9. The van der Waals surface area contributed by atoms with Crippen LogP contribution >= 0.6 is 0 Å². The molecule has 0 aliphatic heterocycles. The molecule has 0 aliphatic carbocycles. The molecule has 0 aliphatic rings. The molecule has 2 aromatic carbocycles. The van der Waals surface area contributed by atoms with Crippen molar-refractivity contribution in [2.24, 2.45) is 0 Å². The third kappa shape index (κ3) is 4.97. The number of hydrogen-bond acceptors (Lipinski definition) is 3. The van der Waals surface area contributed by atoms with Gasteiger partial charge in [0.05, 0.1) is 5.75 Å². The maximum absolute atomic E-state index is 11.9. The van der Waals surface area contributed by atoms with Gasteiger partial charge in [-0.25, -0.2) is 13.1 Å². The van der Waals surface area contributed by atoms with Crippen molar-refractivity contribution in [3.05, 3.63) is 71.4 Å². The first-order valence-electron chi connectivity index (χ1n) is 9.08. The molecule has 0 radical (unpaired) electrons. The van der Waals surface area contributed by atoms with Crippen molar-refractivity contribution < 1.29 is 8.42 Å². The van der Waals surface area contributed by atoms with Crippen molar-refractivity contribution in [2.45, 2.75) is 18.7 Å². The molecule has 0 saturated heterocycles. The molecule has 5 nitrogen and oxygen atoms in total. The number of hydrogen-bond donors (Lipinski definition) is 1. The van der Waals surface area contributed by atoms with E-state index in [0.717, 1.165) is 36.0 Å². The van der Waals surface area contributed by atoms with E-state index in [2.05, 4.69) is 58.7 Å². The summed E-state index contributed by atoms with van der Waals surface area (Å²) in [5, 5.41) is 1.14. The van der Waals surface area contributed by atoms with Gasteiger partial charge in [-0.3, -0.25) is 0 Å². The minimum absolute atomic E-state index is 0.00355. The zero-order valence-corrected chi connectivity index (χ0v) is 17.0. The summed E-state index contributed by atoms with van der Waals surface area (Å²) in [5.41, 5.74) is 4.44. The highest BCUT2D eigenvalue weighted by Crippen LogP contribution is 2.25. The van der Waals surface area contributed by atoms with Crippen molar-refractivity contribution in [1.82, 2.24) is 14.2 Å². The van der Waals surface area contributed by atoms with E-state index in [1.54, 1.807) is 0 Å². The van der Waals surface area contributed by atoms with E-state index in [1.807, 2.05) is 24.3 Å². The SMILES string of the molecule is CNS(=O)(=O)Cc1ccc2c(c1)c(CCN(C)C)cn2Cc1ccccc1. The van der Waals surface area contributed by atoms with E-state index < -0.39 is 10.0 Å². The second-order valence-electron chi connectivity index (χ2n) is 7.14. The molecule has 27 heavy (non-hydrogen) atoms. The molecule has 0 unspecified atom stereocenters. The van der Waals surface area contributed by atoms with Gasteiger partial charge in [0.1, 0.15) is 0 Å². The molecule has 0 saturated carbocycles. The Morgan fingerprint density at radius 3 is 2.44 bits per heavy atom. The van der Waals surface area contributed by atoms with E-state index in [4.69, 9.17) is 0 Å². The van der Waals surface area contributed by atoms with Gasteiger partial charge >= 0.3 is 0 Å². The Morgan fingerprint density at radius 1 is 1.04 bits per heavy atom. The van der Waals surface area contributed by atoms with Crippen molar-refractivity contribution in [2.75, 3.05) is 27.7 Å². The van der Waals surface area contributed by atoms with Gasteiger partial charge in [0, 0.05) is 30.2 Å². The van der Waals surface area contributed by atoms with Crippen LogP contribution in [0.5, 0.6) is 0 Å². The van der Waals surface area contributed by atoms with Gasteiger partial charge in [-0.2, -0.15) is 0 Å². The van der Waals surface area contributed by atoms with E-state index in [0.29, 0.717) is 0 Å². The quantitative estimate of drug-likeness (QED) is 0.649. The molecule has 0 fully saturated rings. The minimum Gasteiger partial charge on any atom is -0.343 e. The van der Waals surface area contributed by atoms with Gasteiger partial charge in [-0.1, -0.05) is 36.4 Å². The van der Waals surface area contributed by atoms with Crippen molar-refractivity contribution in [1.29, 1.82) is 0 Å². The smallest absolute Gasteiger partial charge is 0.215 e. The Hall–Kier alpha value is -2.15. The number of rotatable bonds is 8. The fourth-order valence-corrected chi connectivity index (χ4v) is 4.02. The highest BCUT2D eigenvalue weighted by Gasteiger charge is 2.13. The highest BCUT2D eigenvalue weighted by molar-refractivity contribution is 7.88. The Balaban J connectivity index is 2.00. The first-order valence-corrected chi connectivity index (χ1v) is 10.7. The topological polar surface area (TPSA) is 54.3 Å². The molecule has 0 atom stereocenters. The lowest BCUT2D eigenvalue weighted by atomic mass is 10.1. The van der Waals surface area contributed by atoms with Crippen LogP contribution in [0.15, 0.2) is 54.7 Å². The summed E-state index contributed by atoms with van der Waals surface area (Å²) in [5.74, 6) is -0.00355. The third-order valence-corrected chi connectivity index (χ3v) is 6.06. The van der Waals surface area contributed by atoms with Crippen LogP contribution in [0.25, 0.3) is 10.9 Å². The zero-order chi connectivity index (χ0) is 19.4. The molecule has 3 aromatic rings. The molecule has 1 aromatic heterocycles. The summed E-state index contributed by atoms with van der Waals surface area (Å²) in [7, 11) is 2.29. The molecule has 1 heterocycles. The normalized spacial score (nSPS) is 12.1. The highest BCUT2D eigenvalue weighted by atomic mass is 32.2. The zero-order valence-electron chi connectivity index (χ0n) is 16.1. The number of nitrogens with one attached hydrogen (secondary N) is 1. The lowest BCUT2D eigenvalue weighted by Gasteiger charge is -2.08. The maximum Gasteiger partial charge on any atom is 0.215 e. The van der Waals surface area contributed by atoms with Gasteiger partial charge in [-0.15, -0.1) is 0 Å². The number of aromatic nitrogens is 1. The number of nitrogens with zero attached hydrogens (tertiary/aromatic N) is 2. The van der Waals surface area contributed by atoms with Gasteiger partial charge in [0.2, 0.25) is 10.0 Å². The van der Waals surface area contributed by atoms with Gasteiger partial charge in [0.25, 0.3) is 0 Å². The average Bonchev–Trinajstić information content (AvgIpc) is 2.97. The Bertz CT molecular complexity index is 1010. The molecular weight excluding hydrogens is 358 g/mol. The predicted octanol–water partition coefficient (Wildman–Crippen LogP) is 2.84. The minimum atomic E-state index is -3.29. The first kappa shape index (κ1) is 19.6. The molecule has 0 amide bonds. The fourth-order valence-electron chi connectivity index (χ4n) is 3.25. The van der Waals surface area contributed by atoms with Crippen molar-refractivity contribution in [3.8, 4) is 0 Å². The van der Waals surface area contributed by atoms with Crippen LogP contribution in [0.2, 0.25) is 0 Å². The largest absolute Gasteiger partial charge is 0.343 e. The second-order valence-corrected chi connectivity index (χ2v) is 9.06. The van der Waals surface area contributed by atoms with Crippen molar-refractivity contribution in [3.63, 3.8) is 0 Å². The molecule has 144 valence electrons. The van der Waals surface area contributed by atoms with Crippen molar-refractivity contribution >= 4 is 20.9 Å². The van der Waals surface area contributed by atoms with Crippen LogP contribution in [0.4, 0.5) is 0 Å². The van der Waals surface area contributed by atoms with Crippen LogP contribution in [0.1, 0.15) is 16.7 Å². The molecule has 6 heteroatoms. The van der Waals surface area contributed by atoms with Crippen LogP contribution in [-0.2, 0) is 28.7 Å². The third-order valence-electron chi connectivity index (χ3n) is 4.72. The number of likely N-dealkylation sites (N-methyl/N-ethyl adjacent to an activating group) is 1. The van der Waals surface area contributed by atoms with Crippen LogP contribution < -0.4 is 4.72 Å². The standard InChI is InChI=1S/C21H27N3O2S/c1-22-27(25,26)16-18-9-10-21-20(13-18)19(11-12-23(2)3)15-24(21)14-17-7-5-4-6-8-17/h4-10,13,15,22H,11-12,14,16H2,1-3H3. The van der Waals surface area contributed by atoms with E-state index in [-0.39, 0.29) is 5.75 Å². The molecule has 3 rings (SSSR count). The Labute approximate surface area is 161 Å². The molecule has 0 spiro atoms. The van der Waals surface area contributed by atoms with Crippen LogP contribution in [0, 0.1) is 0 Å². The number of fused-ring (bicyclic) bond motifs is 1. The van der Waals surface area contributed by atoms with Gasteiger partial charge < -0.3 is 9.47 Å². The van der Waals surface area contributed by atoms with E-state index in [9.17, 15) is 8.42 Å². The average molecular weight is 386 g/mol. The summed E-state index contributed by atoms with van der Waals surface area (Å²) in [6, 6.07) is 16.3. The fraction of sp³-hybridized carbons (Fsp3) is 0.333. The molecular formula is C21H27N3O2S. The summed E-state index contributed by atoms with van der Waals surface area (Å²) in [4.78, 5) is 2.16. The second kappa shape index (κ2) is 8.25. The summed E-state index contributed by atoms with van der Waals surface area (Å²) in [6.45, 7) is 1.75. The Morgan fingerprint density at radius 2 is 1.78 bits per heavy atom. The predicted molar refractivity (Wildman–Crippen MR) is 111 cm³/mol. The Kier molecular flexibility index (Phi) is 5.99. The number of sulfonamides is 1. The van der Waals surface area contributed by atoms with Crippen LogP contribution in [-0.4, -0.2) is 45.6 Å². The lowest BCUT2D eigenvalue weighted by molar-refractivity contribution is 0.414. The van der Waals surface area contributed by atoms with Gasteiger partial charge in [0.15, 0.2) is 0 Å². The number of benzene rings is 2. The maximum atomic E-state index is 11.9. The summed E-state index contributed by atoms with van der Waals surface area (Å²) < 4.78 is 28.5. The van der Waals surface area contributed by atoms with E-state index >= 15 is 0 Å². The molecule has 1 N–H and O–H groups in total. The van der Waals surface area contributed by atoms with E-state index in [1.165, 1.54) is 18.2 Å². The van der Waals surface area contributed by atoms with Crippen LogP contribution in [0.3, 0.4) is 0 Å². The summed E-state index contributed by atoms with van der Waals surface area (Å²) >= 11 is 0. The monoisotopic (exact) mass is 385 g/mol. The summed E-state index contributed by atoms with van der Waals surface area (Å²) in [6.07, 6.45) is 3.13. The lowest BCUT2D eigenvalue weighted by Crippen LogP contribution is -2.20. The molecule has 0 bridgehead atoms. The van der Waals surface area contributed by atoms with Gasteiger partial charge in [-0.05, 0) is 56.4 Å².